The molecule has 4 heterocycles. The average Bonchev–Trinajstić information content (AvgIpc) is 3.59. The number of hydrogen-bond acceptors (Lipinski definition) is 6. The number of halogens is 2. The second-order valence-corrected chi connectivity index (χ2v) is 15.3. The van der Waals surface area contributed by atoms with E-state index in [1.807, 2.05) is 73.5 Å². The van der Waals surface area contributed by atoms with E-state index >= 15 is 4.79 Å². The Bertz CT molecular complexity index is 2260. The lowest BCUT2D eigenvalue weighted by Gasteiger charge is -2.38. The highest BCUT2D eigenvalue weighted by atomic mass is 35.5. The summed E-state index contributed by atoms with van der Waals surface area (Å²) in [6.07, 6.45) is 5.94. The van der Waals surface area contributed by atoms with Crippen LogP contribution < -0.4 is 9.80 Å². The third kappa shape index (κ3) is 6.40. The first-order valence-electron chi connectivity index (χ1n) is 18.4. The number of anilines is 2. The smallest absolute Gasteiger partial charge is 0.354 e. The maximum absolute atomic E-state index is 15.2. The summed E-state index contributed by atoms with van der Waals surface area (Å²) in [5.41, 5.74) is 11.5. The van der Waals surface area contributed by atoms with E-state index in [-0.39, 0.29) is 30.6 Å². The molecule has 3 aliphatic rings. The molecule has 0 N–H and O–H groups in total. The molecule has 1 saturated heterocycles. The first-order chi connectivity index (χ1) is 25.3. The number of carbonyl (C=O) groups is 2. The molecule has 0 radical (unpaired) electrons. The minimum atomic E-state index is -0.369. The van der Waals surface area contributed by atoms with Crippen LogP contribution in [-0.2, 0) is 27.7 Å². The third-order valence-electron chi connectivity index (χ3n) is 10.9. The molecular formula is C42H47Cl2N5O4. The SMILES string of the molecule is C/C=C1/C(=O)OCCN1c1ccc(C)cc1N1C[C@@H](C)n2c(c(CCCOC3C=C(C)C(Cl)=C(C)C3)c3ccc(Cl)c(-c4c(C)nn(C)c4C)c32)C1=O. The van der Waals surface area contributed by atoms with Gasteiger partial charge in [-0.3, -0.25) is 9.48 Å². The summed E-state index contributed by atoms with van der Waals surface area (Å²) in [4.78, 5) is 31.9. The third-order valence-corrected chi connectivity index (χ3v) is 11.9. The van der Waals surface area contributed by atoms with Crippen LogP contribution in [0.15, 0.2) is 64.4 Å². The lowest BCUT2D eigenvalue weighted by molar-refractivity contribution is -0.140. The maximum Gasteiger partial charge on any atom is 0.354 e. The molecule has 278 valence electrons. The predicted molar refractivity (Wildman–Crippen MR) is 213 cm³/mol. The summed E-state index contributed by atoms with van der Waals surface area (Å²) in [6.45, 7) is 15.9. The van der Waals surface area contributed by atoms with Gasteiger partial charge in [0.05, 0.1) is 40.3 Å². The molecule has 1 fully saturated rings. The topological polar surface area (TPSA) is 81.8 Å². The normalized spacial score (nSPS) is 20.1. The van der Waals surface area contributed by atoms with Crippen LogP contribution in [0.1, 0.15) is 79.6 Å². The molecular weight excluding hydrogens is 709 g/mol. The van der Waals surface area contributed by atoms with Crippen molar-refractivity contribution in [2.75, 3.05) is 36.1 Å². The summed E-state index contributed by atoms with van der Waals surface area (Å²) in [6, 6.07) is 9.97. The van der Waals surface area contributed by atoms with Gasteiger partial charge in [0.2, 0.25) is 0 Å². The Labute approximate surface area is 321 Å². The van der Waals surface area contributed by atoms with Crippen molar-refractivity contribution in [2.45, 2.75) is 79.9 Å². The van der Waals surface area contributed by atoms with Crippen LogP contribution in [0.4, 0.5) is 11.4 Å². The van der Waals surface area contributed by atoms with Crippen molar-refractivity contribution in [3.05, 3.63) is 97.6 Å². The number of allylic oxidation sites excluding steroid dienone is 3. The molecule has 1 aliphatic carbocycles. The number of aryl methyl sites for hydroxylation is 4. The quantitative estimate of drug-likeness (QED) is 0.101. The molecule has 1 unspecified atom stereocenters. The zero-order chi connectivity index (χ0) is 37.9. The van der Waals surface area contributed by atoms with Crippen LogP contribution in [0.3, 0.4) is 0 Å². The van der Waals surface area contributed by atoms with Gasteiger partial charge in [-0.1, -0.05) is 53.1 Å². The van der Waals surface area contributed by atoms with Crippen LogP contribution in [0.2, 0.25) is 5.02 Å². The number of aromatic nitrogens is 3. The molecule has 0 bridgehead atoms. The van der Waals surface area contributed by atoms with Crippen LogP contribution >= 0.6 is 23.2 Å². The van der Waals surface area contributed by atoms with Crippen molar-refractivity contribution in [2.24, 2.45) is 7.05 Å². The van der Waals surface area contributed by atoms with Gasteiger partial charge in [0.25, 0.3) is 5.91 Å². The lowest BCUT2D eigenvalue weighted by atomic mass is 9.98. The Kier molecular flexibility index (Phi) is 10.1. The van der Waals surface area contributed by atoms with Gasteiger partial charge in [-0.2, -0.15) is 5.10 Å². The van der Waals surface area contributed by atoms with Gasteiger partial charge in [0.1, 0.15) is 18.0 Å². The number of amides is 1. The minimum absolute atomic E-state index is 0.0369. The van der Waals surface area contributed by atoms with Crippen LogP contribution in [0.25, 0.3) is 22.0 Å². The molecule has 0 spiro atoms. The molecule has 2 atom stereocenters. The molecule has 11 heteroatoms. The fraction of sp³-hybridized carbons (Fsp3) is 0.405. The van der Waals surface area contributed by atoms with Crippen LogP contribution in [-0.4, -0.2) is 58.6 Å². The number of nitrogens with zero attached hydrogens (tertiary/aromatic N) is 5. The summed E-state index contributed by atoms with van der Waals surface area (Å²) >= 11 is 13.6. The van der Waals surface area contributed by atoms with Gasteiger partial charge in [-0.25, -0.2) is 4.79 Å². The number of rotatable bonds is 8. The Morgan fingerprint density at radius 3 is 2.49 bits per heavy atom. The van der Waals surface area contributed by atoms with Gasteiger partial charge in [-0.15, -0.1) is 0 Å². The molecule has 4 aromatic rings. The highest BCUT2D eigenvalue weighted by Gasteiger charge is 2.38. The van der Waals surface area contributed by atoms with E-state index in [1.54, 1.807) is 6.08 Å². The summed E-state index contributed by atoms with van der Waals surface area (Å²) in [7, 11) is 1.94. The second-order valence-electron chi connectivity index (χ2n) is 14.6. The van der Waals surface area contributed by atoms with Crippen molar-refractivity contribution < 1.29 is 19.1 Å². The van der Waals surface area contributed by atoms with Gasteiger partial charge in [-0.05, 0) is 103 Å². The Morgan fingerprint density at radius 2 is 1.79 bits per heavy atom. The number of esters is 1. The largest absolute Gasteiger partial charge is 0.459 e. The molecule has 7 rings (SSSR count). The fourth-order valence-corrected chi connectivity index (χ4v) is 8.76. The number of ether oxygens (including phenoxy) is 2. The molecule has 53 heavy (non-hydrogen) atoms. The molecule has 2 aliphatic heterocycles. The minimum Gasteiger partial charge on any atom is -0.459 e. The summed E-state index contributed by atoms with van der Waals surface area (Å²) in [5, 5.41) is 7.18. The standard InChI is InChI=1S/C42H47Cl2N5O4/c1-9-33-42(51)53-18-16-47(33)34-15-12-23(2)19-35(34)48-22-26(5)49-39-31(13-14-32(43)37(39)36-27(6)45-46(8)28(36)7)30(40(49)41(48)50)11-10-17-52-29-20-24(3)38(44)25(4)21-29/h9,12-15,19-20,26,29H,10-11,16-18,21-22H2,1-8H3/b33-9-/t26-,29?/m1/s1. The second kappa shape index (κ2) is 14.5. The van der Waals surface area contributed by atoms with Crippen LogP contribution in [0.5, 0.6) is 0 Å². The van der Waals surface area contributed by atoms with E-state index in [4.69, 9.17) is 37.8 Å². The first-order valence-corrected chi connectivity index (χ1v) is 19.1. The van der Waals surface area contributed by atoms with E-state index in [1.165, 1.54) is 0 Å². The van der Waals surface area contributed by atoms with Gasteiger partial charge < -0.3 is 23.8 Å². The molecule has 1 amide bonds. The summed E-state index contributed by atoms with van der Waals surface area (Å²) in [5.74, 6) is -0.460. The van der Waals surface area contributed by atoms with E-state index in [2.05, 4.69) is 37.5 Å². The van der Waals surface area contributed by atoms with E-state index in [0.717, 1.165) is 78.5 Å². The highest BCUT2D eigenvalue weighted by Crippen LogP contribution is 2.46. The number of morpholine rings is 1. The molecule has 0 saturated carbocycles. The zero-order valence-electron chi connectivity index (χ0n) is 31.8. The zero-order valence-corrected chi connectivity index (χ0v) is 33.3. The maximum atomic E-state index is 15.2. The fourth-order valence-electron chi connectivity index (χ4n) is 8.37. The van der Waals surface area contributed by atoms with Gasteiger partial charge in [0, 0.05) is 53.5 Å². The predicted octanol–water partition coefficient (Wildman–Crippen LogP) is 9.29. The van der Waals surface area contributed by atoms with Crippen molar-refractivity contribution in [1.82, 2.24) is 14.3 Å². The highest BCUT2D eigenvalue weighted by molar-refractivity contribution is 6.35. The number of cyclic esters (lactones) is 1. The Hall–Kier alpha value is -4.31. The van der Waals surface area contributed by atoms with Gasteiger partial charge in [0.15, 0.2) is 0 Å². The molecule has 2 aromatic carbocycles. The first kappa shape index (κ1) is 37.0. The Morgan fingerprint density at radius 1 is 1.02 bits per heavy atom. The molecule has 9 nitrogen and oxygen atoms in total. The summed E-state index contributed by atoms with van der Waals surface area (Å²) < 4.78 is 15.9. The number of carbonyl (C=O) groups excluding carboxylic acids is 2. The van der Waals surface area contributed by atoms with Crippen molar-refractivity contribution >= 4 is 57.4 Å². The average molecular weight is 757 g/mol. The van der Waals surface area contributed by atoms with E-state index in [9.17, 15) is 4.79 Å². The van der Waals surface area contributed by atoms with Gasteiger partial charge >= 0.3 is 5.97 Å². The van der Waals surface area contributed by atoms with E-state index < -0.39 is 0 Å². The van der Waals surface area contributed by atoms with Crippen molar-refractivity contribution in [1.29, 1.82) is 0 Å². The number of benzene rings is 2. The van der Waals surface area contributed by atoms with Crippen LogP contribution in [0, 0.1) is 20.8 Å². The monoisotopic (exact) mass is 755 g/mol. The Balaban J connectivity index is 1.35. The number of hydrogen-bond donors (Lipinski definition) is 0. The lowest BCUT2D eigenvalue weighted by Crippen LogP contribution is -2.44. The molecule has 2 aromatic heterocycles. The number of fused-ring (bicyclic) bond motifs is 3. The van der Waals surface area contributed by atoms with Crippen molar-refractivity contribution in [3.8, 4) is 11.1 Å². The van der Waals surface area contributed by atoms with E-state index in [0.29, 0.717) is 49.0 Å². The van der Waals surface area contributed by atoms with Crippen molar-refractivity contribution in [3.63, 3.8) is 0 Å².